The van der Waals surface area contributed by atoms with E-state index >= 15 is 0 Å². The number of phenolic OH excluding ortho intramolecular Hbond substituents is 4. The third kappa shape index (κ3) is 7.35. The third-order valence-corrected chi connectivity index (χ3v) is 5.91. The van der Waals surface area contributed by atoms with Gasteiger partial charge in [-0.1, -0.05) is 24.3 Å². The third-order valence-electron chi connectivity index (χ3n) is 5.91. The Labute approximate surface area is 228 Å². The van der Waals surface area contributed by atoms with E-state index in [1.54, 1.807) is 48.5 Å². The van der Waals surface area contributed by atoms with E-state index in [1.807, 2.05) is 0 Å². The lowest BCUT2D eigenvalue weighted by Crippen LogP contribution is -2.13. The maximum atomic E-state index is 11.4. The van der Waals surface area contributed by atoms with Crippen LogP contribution in [0.4, 0.5) is 0 Å². The standard InChI is InChI=1S/C30H26O10/c31-21-9-19(10-22(32)13-21)27(15-29(35)36)39-25-5-1-17(2-6-25)18-3-7-26(8-4-18)40-28(16-30(37)38)20-11-23(33)14-24(34)12-20/h1-14,27-28,31-34H,15-16H2,(H,35,36)(H,37,38). The molecule has 0 bridgehead atoms. The Bertz CT molecular complexity index is 1340. The van der Waals surface area contributed by atoms with Crippen LogP contribution in [-0.4, -0.2) is 42.6 Å². The SMILES string of the molecule is O=C(O)CC(Oc1ccc(-c2ccc(OC(CC(=O)O)c3cc(O)cc(O)c3)cc2)cc1)c1cc(O)cc(O)c1. The molecular weight excluding hydrogens is 520 g/mol. The van der Waals surface area contributed by atoms with Crippen LogP contribution in [0.5, 0.6) is 34.5 Å². The van der Waals surface area contributed by atoms with Crippen molar-refractivity contribution in [2.24, 2.45) is 0 Å². The number of rotatable bonds is 11. The molecule has 40 heavy (non-hydrogen) atoms. The summed E-state index contributed by atoms with van der Waals surface area (Å²) in [6.07, 6.45) is -2.69. The van der Waals surface area contributed by atoms with Gasteiger partial charge in [0.1, 0.15) is 46.7 Å². The highest BCUT2D eigenvalue weighted by Crippen LogP contribution is 2.34. The van der Waals surface area contributed by atoms with E-state index in [4.69, 9.17) is 9.47 Å². The van der Waals surface area contributed by atoms with Crippen molar-refractivity contribution in [1.29, 1.82) is 0 Å². The number of carbonyl (C=O) groups is 2. The Morgan fingerprint density at radius 2 is 0.825 bits per heavy atom. The Kier molecular flexibility index (Phi) is 8.29. The molecular formula is C30H26O10. The van der Waals surface area contributed by atoms with E-state index in [0.717, 1.165) is 23.3 Å². The van der Waals surface area contributed by atoms with Crippen molar-refractivity contribution < 1.29 is 49.7 Å². The number of carboxylic acids is 2. The van der Waals surface area contributed by atoms with Crippen molar-refractivity contribution in [2.75, 3.05) is 0 Å². The topological polar surface area (TPSA) is 174 Å². The molecule has 0 saturated heterocycles. The number of ether oxygens (including phenoxy) is 2. The molecule has 2 unspecified atom stereocenters. The van der Waals surface area contributed by atoms with Crippen molar-refractivity contribution in [1.82, 2.24) is 0 Å². The first kappa shape index (κ1) is 27.6. The molecule has 10 nitrogen and oxygen atoms in total. The van der Waals surface area contributed by atoms with Gasteiger partial charge in [0.2, 0.25) is 0 Å². The molecule has 10 heteroatoms. The fourth-order valence-corrected chi connectivity index (χ4v) is 4.16. The van der Waals surface area contributed by atoms with E-state index in [1.165, 1.54) is 24.3 Å². The van der Waals surface area contributed by atoms with Gasteiger partial charge in [-0.25, -0.2) is 0 Å². The van der Waals surface area contributed by atoms with Crippen molar-refractivity contribution in [3.05, 3.63) is 96.1 Å². The molecule has 0 aromatic heterocycles. The van der Waals surface area contributed by atoms with Gasteiger partial charge in [0.15, 0.2) is 0 Å². The number of hydrogen-bond donors (Lipinski definition) is 6. The van der Waals surface area contributed by atoms with Gasteiger partial charge in [0.25, 0.3) is 0 Å². The maximum absolute atomic E-state index is 11.4. The summed E-state index contributed by atoms with van der Waals surface area (Å²) in [5.41, 5.74) is 2.23. The molecule has 0 spiro atoms. The van der Waals surface area contributed by atoms with E-state index in [9.17, 15) is 40.2 Å². The number of aromatic hydroxyl groups is 4. The number of aliphatic carboxylic acids is 2. The normalized spacial score (nSPS) is 12.3. The lowest BCUT2D eigenvalue weighted by Gasteiger charge is -2.19. The average Bonchev–Trinajstić information content (AvgIpc) is 2.87. The minimum Gasteiger partial charge on any atom is -0.508 e. The average molecular weight is 547 g/mol. The van der Waals surface area contributed by atoms with Gasteiger partial charge in [0.05, 0.1) is 12.8 Å². The van der Waals surface area contributed by atoms with Gasteiger partial charge in [0, 0.05) is 23.3 Å². The van der Waals surface area contributed by atoms with E-state index in [2.05, 4.69) is 0 Å². The van der Waals surface area contributed by atoms with E-state index < -0.39 is 37.0 Å². The molecule has 0 heterocycles. The molecule has 0 aliphatic rings. The first-order valence-corrected chi connectivity index (χ1v) is 12.1. The van der Waals surface area contributed by atoms with Crippen LogP contribution in [0.1, 0.15) is 36.2 Å². The minimum atomic E-state index is -1.11. The molecule has 0 fully saturated rings. The van der Waals surface area contributed by atoms with Gasteiger partial charge in [-0.05, 0) is 59.7 Å². The lowest BCUT2D eigenvalue weighted by atomic mass is 10.0. The van der Waals surface area contributed by atoms with Crippen LogP contribution in [0.3, 0.4) is 0 Å². The Morgan fingerprint density at radius 3 is 1.10 bits per heavy atom. The largest absolute Gasteiger partial charge is 0.508 e. The van der Waals surface area contributed by atoms with Crippen LogP contribution in [0.25, 0.3) is 11.1 Å². The second-order valence-corrected chi connectivity index (χ2v) is 9.02. The quantitative estimate of drug-likeness (QED) is 0.144. The zero-order valence-corrected chi connectivity index (χ0v) is 21.0. The Morgan fingerprint density at radius 1 is 0.525 bits per heavy atom. The summed E-state index contributed by atoms with van der Waals surface area (Å²) in [4.78, 5) is 22.7. The second kappa shape index (κ2) is 12.0. The lowest BCUT2D eigenvalue weighted by molar-refractivity contribution is -0.140. The van der Waals surface area contributed by atoms with Crippen LogP contribution < -0.4 is 9.47 Å². The maximum Gasteiger partial charge on any atom is 0.307 e. The number of carboxylic acid groups (broad SMARTS) is 2. The Hall–Kier alpha value is -5.38. The summed E-state index contributed by atoms with van der Waals surface area (Å²) in [5, 5.41) is 57.7. The van der Waals surface area contributed by atoms with Crippen LogP contribution >= 0.6 is 0 Å². The molecule has 2 atom stereocenters. The fourth-order valence-electron chi connectivity index (χ4n) is 4.16. The van der Waals surface area contributed by atoms with Gasteiger partial charge < -0.3 is 40.1 Å². The summed E-state index contributed by atoms with van der Waals surface area (Å²) in [6.45, 7) is 0. The molecule has 4 aromatic carbocycles. The highest BCUT2D eigenvalue weighted by atomic mass is 16.5. The fraction of sp³-hybridized carbons (Fsp3) is 0.133. The molecule has 6 N–H and O–H groups in total. The van der Waals surface area contributed by atoms with E-state index in [0.29, 0.717) is 22.6 Å². The number of benzene rings is 4. The summed E-state index contributed by atoms with van der Waals surface area (Å²) < 4.78 is 11.7. The van der Waals surface area contributed by atoms with Crippen molar-refractivity contribution in [2.45, 2.75) is 25.0 Å². The number of hydrogen-bond acceptors (Lipinski definition) is 8. The highest BCUT2D eigenvalue weighted by Gasteiger charge is 2.21. The van der Waals surface area contributed by atoms with Crippen LogP contribution in [0.2, 0.25) is 0 Å². The zero-order chi connectivity index (χ0) is 28.8. The van der Waals surface area contributed by atoms with Gasteiger partial charge in [-0.3, -0.25) is 9.59 Å². The van der Waals surface area contributed by atoms with Gasteiger partial charge >= 0.3 is 11.9 Å². The Balaban J connectivity index is 1.48. The molecule has 0 radical (unpaired) electrons. The predicted molar refractivity (Wildman–Crippen MR) is 143 cm³/mol. The van der Waals surface area contributed by atoms with Crippen molar-refractivity contribution in [3.63, 3.8) is 0 Å². The smallest absolute Gasteiger partial charge is 0.307 e. The second-order valence-electron chi connectivity index (χ2n) is 9.02. The summed E-state index contributed by atoms with van der Waals surface area (Å²) in [5.74, 6) is -2.33. The monoisotopic (exact) mass is 546 g/mol. The zero-order valence-electron chi connectivity index (χ0n) is 21.0. The number of phenols is 4. The molecule has 4 rings (SSSR count). The van der Waals surface area contributed by atoms with Crippen molar-refractivity contribution >= 4 is 11.9 Å². The molecule has 0 aliphatic heterocycles. The van der Waals surface area contributed by atoms with Crippen molar-refractivity contribution in [3.8, 4) is 45.6 Å². The molecule has 0 saturated carbocycles. The first-order valence-electron chi connectivity index (χ1n) is 12.1. The van der Waals surface area contributed by atoms with Crippen LogP contribution in [0.15, 0.2) is 84.9 Å². The molecule has 0 amide bonds. The van der Waals surface area contributed by atoms with E-state index in [-0.39, 0.29) is 23.0 Å². The van der Waals surface area contributed by atoms with Gasteiger partial charge in [-0.2, -0.15) is 0 Å². The highest BCUT2D eigenvalue weighted by molar-refractivity contribution is 5.69. The molecule has 0 aliphatic carbocycles. The molecule has 4 aromatic rings. The van der Waals surface area contributed by atoms with Crippen LogP contribution in [-0.2, 0) is 9.59 Å². The summed E-state index contributed by atoms with van der Waals surface area (Å²) in [7, 11) is 0. The minimum absolute atomic E-state index is 0.217. The first-order chi connectivity index (χ1) is 19.0. The molecule has 206 valence electrons. The summed E-state index contributed by atoms with van der Waals surface area (Å²) in [6, 6.07) is 21.3. The van der Waals surface area contributed by atoms with Gasteiger partial charge in [-0.15, -0.1) is 0 Å². The summed E-state index contributed by atoms with van der Waals surface area (Å²) >= 11 is 0. The predicted octanol–water partition coefficient (Wildman–Crippen LogP) is 5.37. The van der Waals surface area contributed by atoms with Crippen LogP contribution in [0, 0.1) is 0 Å².